The maximum atomic E-state index is 13.2. The van der Waals surface area contributed by atoms with Gasteiger partial charge < -0.3 is 10.2 Å². The van der Waals surface area contributed by atoms with Crippen molar-refractivity contribution < 1.29 is 21.2 Å². The molecular formula is C25H30FN5O4S2. The van der Waals surface area contributed by atoms with Gasteiger partial charge in [-0.05, 0) is 74.5 Å². The minimum atomic E-state index is -3.65. The summed E-state index contributed by atoms with van der Waals surface area (Å²) in [5.74, 6) is 0.0938. The molecule has 0 saturated carbocycles. The molecule has 1 fully saturated rings. The van der Waals surface area contributed by atoms with Crippen molar-refractivity contribution in [1.29, 1.82) is 0 Å². The van der Waals surface area contributed by atoms with E-state index >= 15 is 0 Å². The predicted octanol–water partition coefficient (Wildman–Crippen LogP) is 3.16. The first-order valence-corrected chi connectivity index (χ1v) is 15.4. The summed E-state index contributed by atoms with van der Waals surface area (Å²) in [6, 6.07) is 14.3. The molecule has 1 aromatic heterocycles. The Morgan fingerprint density at radius 2 is 1.65 bits per heavy atom. The summed E-state index contributed by atoms with van der Waals surface area (Å²) in [4.78, 5) is 10.9. The van der Waals surface area contributed by atoms with Crippen molar-refractivity contribution in [2.24, 2.45) is 0 Å². The fraction of sp³-hybridized carbons (Fsp3) is 0.360. The van der Waals surface area contributed by atoms with Gasteiger partial charge in [0, 0.05) is 49.4 Å². The molecule has 0 aliphatic carbocycles. The number of sulfonamides is 1. The minimum Gasteiger partial charge on any atom is -0.324 e. The number of hydrogen-bond donors (Lipinski definition) is 1. The van der Waals surface area contributed by atoms with E-state index in [1.807, 2.05) is 11.9 Å². The second kappa shape index (κ2) is 11.2. The van der Waals surface area contributed by atoms with Crippen LogP contribution >= 0.6 is 0 Å². The van der Waals surface area contributed by atoms with Gasteiger partial charge in [-0.15, -0.1) is 0 Å². The summed E-state index contributed by atoms with van der Waals surface area (Å²) in [5.41, 5.74) is 2.00. The van der Waals surface area contributed by atoms with Crippen molar-refractivity contribution in [1.82, 2.24) is 19.2 Å². The van der Waals surface area contributed by atoms with Crippen molar-refractivity contribution in [2.75, 3.05) is 44.0 Å². The number of rotatable bonds is 9. The predicted molar refractivity (Wildman–Crippen MR) is 141 cm³/mol. The number of benzene rings is 2. The van der Waals surface area contributed by atoms with E-state index in [4.69, 9.17) is 0 Å². The molecule has 37 heavy (non-hydrogen) atoms. The summed E-state index contributed by atoms with van der Waals surface area (Å²) in [5, 5.41) is 3.07. The summed E-state index contributed by atoms with van der Waals surface area (Å²) in [6.07, 6.45) is 4.09. The van der Waals surface area contributed by atoms with Gasteiger partial charge in [-0.2, -0.15) is 4.31 Å². The highest BCUT2D eigenvalue weighted by Crippen LogP contribution is 2.25. The standard InChI is InChI=1S/C25H30FN5O4S2/c1-30(17-18-36(2,32)33)22-12-15-31(16-13-22)37(34,35)23-9-7-21(8-10-23)28-25-27-14-11-24(29-25)19-3-5-20(26)6-4-19/h3-11,14,22H,12-13,15-18H2,1-2H3,(H,27,28,29). The van der Waals surface area contributed by atoms with E-state index < -0.39 is 19.9 Å². The van der Waals surface area contributed by atoms with E-state index in [0.29, 0.717) is 49.8 Å². The van der Waals surface area contributed by atoms with Crippen LogP contribution in [0.25, 0.3) is 11.3 Å². The molecule has 0 amide bonds. The van der Waals surface area contributed by atoms with Gasteiger partial charge in [0.1, 0.15) is 15.7 Å². The largest absolute Gasteiger partial charge is 0.324 e. The van der Waals surface area contributed by atoms with Gasteiger partial charge in [0.05, 0.1) is 16.3 Å². The molecule has 4 rings (SSSR count). The Balaban J connectivity index is 1.37. The Kier molecular flexibility index (Phi) is 8.22. The zero-order chi connectivity index (χ0) is 26.6. The first kappa shape index (κ1) is 27.1. The molecule has 0 spiro atoms. The van der Waals surface area contributed by atoms with Crippen molar-refractivity contribution >= 4 is 31.5 Å². The third-order valence-electron chi connectivity index (χ3n) is 6.41. The lowest BCUT2D eigenvalue weighted by atomic mass is 10.1. The van der Waals surface area contributed by atoms with E-state index in [-0.39, 0.29) is 22.5 Å². The van der Waals surface area contributed by atoms with Gasteiger partial charge >= 0.3 is 0 Å². The smallest absolute Gasteiger partial charge is 0.243 e. The normalized spacial score (nSPS) is 15.7. The topological polar surface area (TPSA) is 113 Å². The molecule has 2 heterocycles. The molecule has 0 bridgehead atoms. The van der Waals surface area contributed by atoms with Crippen molar-refractivity contribution in [3.63, 3.8) is 0 Å². The van der Waals surface area contributed by atoms with Crippen LogP contribution in [0.5, 0.6) is 0 Å². The van der Waals surface area contributed by atoms with Crippen LogP contribution in [-0.2, 0) is 19.9 Å². The Bertz CT molecular complexity index is 1420. The zero-order valence-electron chi connectivity index (χ0n) is 20.7. The van der Waals surface area contributed by atoms with Gasteiger partial charge in [0.15, 0.2) is 0 Å². The third-order valence-corrected chi connectivity index (χ3v) is 9.24. The lowest BCUT2D eigenvalue weighted by Gasteiger charge is -2.36. The molecule has 1 aliphatic rings. The second-order valence-corrected chi connectivity index (χ2v) is 13.4. The van der Waals surface area contributed by atoms with Crippen LogP contribution in [0.3, 0.4) is 0 Å². The third kappa shape index (κ3) is 7.10. The van der Waals surface area contributed by atoms with Crippen molar-refractivity contribution in [2.45, 2.75) is 23.8 Å². The maximum Gasteiger partial charge on any atom is 0.243 e. The molecule has 1 aliphatic heterocycles. The lowest BCUT2D eigenvalue weighted by molar-refractivity contribution is 0.175. The number of anilines is 2. The number of piperidine rings is 1. The average molecular weight is 548 g/mol. The molecule has 12 heteroatoms. The number of aromatic nitrogens is 2. The second-order valence-electron chi connectivity index (χ2n) is 9.17. The molecule has 0 radical (unpaired) electrons. The molecule has 0 atom stereocenters. The highest BCUT2D eigenvalue weighted by atomic mass is 32.2. The molecule has 0 unspecified atom stereocenters. The molecular weight excluding hydrogens is 517 g/mol. The quantitative estimate of drug-likeness (QED) is 0.435. The number of halogens is 1. The highest BCUT2D eigenvalue weighted by Gasteiger charge is 2.31. The summed E-state index contributed by atoms with van der Waals surface area (Å²) in [7, 11) is -4.81. The van der Waals surface area contributed by atoms with Crippen LogP contribution in [-0.4, -0.2) is 80.7 Å². The number of nitrogens with zero attached hydrogens (tertiary/aromatic N) is 4. The minimum absolute atomic E-state index is 0.0873. The highest BCUT2D eigenvalue weighted by molar-refractivity contribution is 7.90. The van der Waals surface area contributed by atoms with Gasteiger partial charge in [-0.3, -0.25) is 0 Å². The van der Waals surface area contributed by atoms with Crippen LogP contribution in [0.1, 0.15) is 12.8 Å². The number of hydrogen-bond acceptors (Lipinski definition) is 8. The van der Waals surface area contributed by atoms with Crippen LogP contribution in [0.15, 0.2) is 65.7 Å². The van der Waals surface area contributed by atoms with Crippen LogP contribution < -0.4 is 5.32 Å². The summed E-state index contributed by atoms with van der Waals surface area (Å²) >= 11 is 0. The molecule has 9 nitrogen and oxygen atoms in total. The molecule has 1 N–H and O–H groups in total. The number of sulfone groups is 1. The van der Waals surface area contributed by atoms with Gasteiger partial charge in [-0.1, -0.05) is 0 Å². The van der Waals surface area contributed by atoms with E-state index in [0.717, 1.165) is 5.56 Å². The van der Waals surface area contributed by atoms with Crippen molar-refractivity contribution in [3.8, 4) is 11.3 Å². The first-order chi connectivity index (χ1) is 17.5. The number of nitrogens with one attached hydrogen (secondary N) is 1. The SMILES string of the molecule is CN(CCS(C)(=O)=O)C1CCN(S(=O)(=O)c2ccc(Nc3nccc(-c4ccc(F)cc4)n3)cc2)CC1. The Labute approximate surface area is 217 Å². The van der Waals surface area contributed by atoms with Crippen LogP contribution in [0, 0.1) is 5.82 Å². The lowest BCUT2D eigenvalue weighted by Crippen LogP contribution is -2.46. The average Bonchev–Trinajstić information content (AvgIpc) is 2.88. The Hall–Kier alpha value is -2.93. The summed E-state index contributed by atoms with van der Waals surface area (Å²) < 4.78 is 63.9. The molecule has 198 valence electrons. The maximum absolute atomic E-state index is 13.2. The van der Waals surface area contributed by atoms with Gasteiger partial charge in [0.25, 0.3) is 0 Å². The first-order valence-electron chi connectivity index (χ1n) is 11.9. The van der Waals surface area contributed by atoms with Gasteiger partial charge in [-0.25, -0.2) is 31.2 Å². The molecule has 2 aromatic carbocycles. The van der Waals surface area contributed by atoms with E-state index in [2.05, 4.69) is 15.3 Å². The summed E-state index contributed by atoms with van der Waals surface area (Å²) in [6.45, 7) is 1.18. The Morgan fingerprint density at radius 1 is 1.00 bits per heavy atom. The van der Waals surface area contributed by atoms with E-state index in [9.17, 15) is 21.2 Å². The van der Waals surface area contributed by atoms with Crippen LogP contribution in [0.2, 0.25) is 0 Å². The molecule has 1 saturated heterocycles. The van der Waals surface area contributed by atoms with E-state index in [1.54, 1.807) is 48.7 Å². The van der Waals surface area contributed by atoms with Crippen LogP contribution in [0.4, 0.5) is 16.0 Å². The molecule has 3 aromatic rings. The van der Waals surface area contributed by atoms with Gasteiger partial charge in [0.2, 0.25) is 16.0 Å². The monoisotopic (exact) mass is 547 g/mol. The van der Waals surface area contributed by atoms with Crippen molar-refractivity contribution in [3.05, 3.63) is 66.6 Å². The Morgan fingerprint density at radius 3 is 2.27 bits per heavy atom. The fourth-order valence-corrected chi connectivity index (χ4v) is 6.29. The van der Waals surface area contributed by atoms with E-state index in [1.165, 1.54) is 22.7 Å². The zero-order valence-corrected chi connectivity index (χ0v) is 22.3. The fourth-order valence-electron chi connectivity index (χ4n) is 4.20.